The van der Waals surface area contributed by atoms with Crippen LogP contribution in [0.1, 0.15) is 155 Å². The van der Waals surface area contributed by atoms with Gasteiger partial charge in [0.25, 0.3) is 0 Å². The molecule has 1 aromatic carbocycles. The van der Waals surface area contributed by atoms with E-state index < -0.39 is 0 Å². The molecule has 0 unspecified atom stereocenters. The fourth-order valence-electron chi connectivity index (χ4n) is 8.05. The number of allylic oxidation sites excluding steroid dienone is 12. The number of rotatable bonds is 13. The van der Waals surface area contributed by atoms with E-state index in [1.54, 1.807) is 11.1 Å². The van der Waals surface area contributed by atoms with Gasteiger partial charge in [-0.3, -0.25) is 0 Å². The molecule has 3 aliphatic carbocycles. The highest BCUT2D eigenvalue weighted by Gasteiger charge is 2.32. The Labute approximate surface area is 278 Å². The van der Waals surface area contributed by atoms with Crippen molar-refractivity contribution in [2.45, 2.75) is 144 Å². The third-order valence-electron chi connectivity index (χ3n) is 11.6. The molecule has 1 aromatic rings. The maximum absolute atomic E-state index is 4.72. The first-order valence-corrected chi connectivity index (χ1v) is 18.5. The fraction of sp³-hybridized carbons (Fsp3) is 0.556. The van der Waals surface area contributed by atoms with Crippen molar-refractivity contribution in [1.82, 2.24) is 0 Å². The average Bonchev–Trinajstić information content (AvgIpc) is 3.05. The van der Waals surface area contributed by atoms with E-state index in [0.29, 0.717) is 5.92 Å². The molecule has 4 rings (SSSR count). The zero-order chi connectivity index (χ0) is 32.6. The highest BCUT2D eigenvalue weighted by molar-refractivity contribution is 5.75. The quantitative estimate of drug-likeness (QED) is 0.196. The van der Waals surface area contributed by atoms with Crippen LogP contribution in [0.5, 0.6) is 0 Å². The van der Waals surface area contributed by atoms with Crippen LogP contribution in [-0.4, -0.2) is 0 Å². The van der Waals surface area contributed by atoms with Crippen molar-refractivity contribution >= 4 is 5.57 Å². The lowest BCUT2D eigenvalue weighted by atomic mass is 9.68. The van der Waals surface area contributed by atoms with E-state index in [1.165, 1.54) is 122 Å². The van der Waals surface area contributed by atoms with Crippen molar-refractivity contribution in [2.75, 3.05) is 0 Å². The molecule has 0 radical (unpaired) electrons. The zero-order valence-corrected chi connectivity index (χ0v) is 30.2. The largest absolute Gasteiger partial charge is 0.0956 e. The van der Waals surface area contributed by atoms with Gasteiger partial charge in [0.2, 0.25) is 0 Å². The molecule has 1 fully saturated rings. The van der Waals surface area contributed by atoms with Crippen LogP contribution in [0.2, 0.25) is 0 Å². The minimum Gasteiger partial charge on any atom is -0.0956 e. The third-order valence-corrected chi connectivity index (χ3v) is 11.6. The summed E-state index contributed by atoms with van der Waals surface area (Å²) in [5.74, 6) is 2.27. The van der Waals surface area contributed by atoms with E-state index in [4.69, 9.17) is 6.58 Å². The molecule has 244 valence electrons. The molecule has 0 bridgehead atoms. The SMILES string of the molecule is C=C(CC)/C(C)=C/C(=C\C)c1ccc([C@@H](CCC2CCCCC2)CC(=C)/C(C)=C/C2=CC3=C(CC[C@H](CC)C3)CC2(C)C)cc1. The fourth-order valence-corrected chi connectivity index (χ4v) is 8.05. The number of hydrogen-bond acceptors (Lipinski definition) is 0. The molecule has 1 saturated carbocycles. The van der Waals surface area contributed by atoms with Crippen molar-refractivity contribution in [2.24, 2.45) is 17.3 Å². The molecule has 2 atom stereocenters. The van der Waals surface area contributed by atoms with E-state index in [2.05, 4.69) is 104 Å². The maximum Gasteiger partial charge on any atom is -0.00660 e. The average molecular weight is 605 g/mol. The normalized spacial score (nSPS) is 22.2. The van der Waals surface area contributed by atoms with Gasteiger partial charge in [0.1, 0.15) is 0 Å². The van der Waals surface area contributed by atoms with Crippen LogP contribution in [0.15, 0.2) is 101 Å². The third kappa shape index (κ3) is 9.47. The van der Waals surface area contributed by atoms with Gasteiger partial charge in [0.05, 0.1) is 0 Å². The van der Waals surface area contributed by atoms with Crippen LogP contribution in [0.25, 0.3) is 5.57 Å². The molecule has 0 N–H and O–H groups in total. The highest BCUT2D eigenvalue weighted by atomic mass is 14.4. The van der Waals surface area contributed by atoms with Crippen LogP contribution in [0.3, 0.4) is 0 Å². The van der Waals surface area contributed by atoms with Crippen LogP contribution >= 0.6 is 0 Å². The second kappa shape index (κ2) is 16.3. The summed E-state index contributed by atoms with van der Waals surface area (Å²) in [6, 6.07) is 9.50. The van der Waals surface area contributed by atoms with Gasteiger partial charge in [-0.2, -0.15) is 0 Å². The van der Waals surface area contributed by atoms with Gasteiger partial charge < -0.3 is 0 Å². The predicted octanol–water partition coefficient (Wildman–Crippen LogP) is 14.2. The Bertz CT molecular complexity index is 1340. The maximum atomic E-state index is 4.72. The van der Waals surface area contributed by atoms with Gasteiger partial charge >= 0.3 is 0 Å². The van der Waals surface area contributed by atoms with E-state index in [9.17, 15) is 0 Å². The van der Waals surface area contributed by atoms with Crippen molar-refractivity contribution in [3.63, 3.8) is 0 Å². The molecule has 0 aromatic heterocycles. The van der Waals surface area contributed by atoms with Gasteiger partial charge in [0.15, 0.2) is 0 Å². The minimum absolute atomic E-state index is 0.191. The van der Waals surface area contributed by atoms with Gasteiger partial charge in [0, 0.05) is 0 Å². The molecule has 3 aliphatic rings. The molecule has 0 saturated heterocycles. The Hall–Kier alpha value is -2.60. The first-order chi connectivity index (χ1) is 21.5. The smallest absolute Gasteiger partial charge is 0.00660 e. The second-order valence-electron chi connectivity index (χ2n) is 15.4. The monoisotopic (exact) mass is 605 g/mol. The van der Waals surface area contributed by atoms with E-state index in [-0.39, 0.29) is 5.41 Å². The molecule has 0 aliphatic heterocycles. The molecule has 0 amide bonds. The van der Waals surface area contributed by atoms with Gasteiger partial charge in [-0.15, -0.1) is 0 Å². The highest BCUT2D eigenvalue weighted by Crippen LogP contribution is 2.47. The van der Waals surface area contributed by atoms with Crippen LogP contribution in [0.4, 0.5) is 0 Å². The molecular weight excluding hydrogens is 540 g/mol. The summed E-state index contributed by atoms with van der Waals surface area (Å²) in [4.78, 5) is 0. The summed E-state index contributed by atoms with van der Waals surface area (Å²) >= 11 is 0. The van der Waals surface area contributed by atoms with Gasteiger partial charge in [-0.1, -0.05) is 145 Å². The Morgan fingerprint density at radius 3 is 2.29 bits per heavy atom. The standard InChI is InChI=1S/C45H64/c1-10-32(4)33(5)26-38(12-3)39-22-24-40(25-23-39)41(20-19-37-16-14-13-15-17-37)27-34(6)35(7)28-44-30-43-29-36(11-2)18-21-42(43)31-45(44,8)9/h12,22-26,28,30,36-37,41H,4,6,10-11,13-21,27,29,31H2,1-3,5,7-9H3/b33-26+,35-28+,38-12+/t36-,41-/m0/s1. The topological polar surface area (TPSA) is 0 Å². The summed E-state index contributed by atoms with van der Waals surface area (Å²) in [5, 5.41) is 0. The summed E-state index contributed by atoms with van der Waals surface area (Å²) in [5.41, 5.74) is 14.3. The van der Waals surface area contributed by atoms with E-state index in [0.717, 1.165) is 24.7 Å². The second-order valence-corrected chi connectivity index (χ2v) is 15.4. The Morgan fingerprint density at radius 1 is 0.933 bits per heavy atom. The summed E-state index contributed by atoms with van der Waals surface area (Å²) in [6.45, 7) is 25.1. The minimum atomic E-state index is 0.191. The Kier molecular flexibility index (Phi) is 12.8. The van der Waals surface area contributed by atoms with Crippen molar-refractivity contribution in [3.05, 3.63) is 112 Å². The van der Waals surface area contributed by atoms with E-state index in [1.807, 2.05) is 0 Å². The Morgan fingerprint density at radius 2 is 1.64 bits per heavy atom. The molecular formula is C45H64. The summed E-state index contributed by atoms with van der Waals surface area (Å²) in [6.07, 6.45) is 27.8. The number of hydrogen-bond donors (Lipinski definition) is 0. The molecule has 45 heavy (non-hydrogen) atoms. The van der Waals surface area contributed by atoms with E-state index >= 15 is 0 Å². The first kappa shape index (κ1) is 35.3. The lowest BCUT2D eigenvalue weighted by molar-refractivity contribution is 0.323. The lowest BCUT2D eigenvalue weighted by Gasteiger charge is -2.37. The first-order valence-electron chi connectivity index (χ1n) is 18.5. The molecule has 0 heterocycles. The molecule has 0 heteroatoms. The van der Waals surface area contributed by atoms with Crippen molar-refractivity contribution in [1.29, 1.82) is 0 Å². The summed E-state index contributed by atoms with van der Waals surface area (Å²) < 4.78 is 0. The Balaban J connectivity index is 1.55. The predicted molar refractivity (Wildman–Crippen MR) is 200 cm³/mol. The number of benzene rings is 1. The summed E-state index contributed by atoms with van der Waals surface area (Å²) in [7, 11) is 0. The van der Waals surface area contributed by atoms with Crippen LogP contribution in [0, 0.1) is 17.3 Å². The van der Waals surface area contributed by atoms with Gasteiger partial charge in [-0.05, 0) is 134 Å². The van der Waals surface area contributed by atoms with Crippen LogP contribution in [-0.2, 0) is 0 Å². The molecule has 0 spiro atoms. The van der Waals surface area contributed by atoms with Crippen LogP contribution < -0.4 is 0 Å². The van der Waals surface area contributed by atoms with Gasteiger partial charge in [-0.25, -0.2) is 0 Å². The van der Waals surface area contributed by atoms with Crippen molar-refractivity contribution in [3.8, 4) is 0 Å². The van der Waals surface area contributed by atoms with Crippen molar-refractivity contribution < 1.29 is 0 Å². The zero-order valence-electron chi connectivity index (χ0n) is 30.2. The molecule has 0 nitrogen and oxygen atoms in total. The lowest BCUT2D eigenvalue weighted by Crippen LogP contribution is -2.23.